The number of rotatable bonds is 6. The van der Waals surface area contributed by atoms with E-state index in [2.05, 4.69) is 10.1 Å². The highest BCUT2D eigenvalue weighted by atomic mass is 16.5. The highest BCUT2D eigenvalue weighted by molar-refractivity contribution is 5.88. The standard InChI is InChI=1S/C15H23NO4/c1-19-14(18)12-7-13(20-9-12)8-16-10-15(11-17)5-3-2-4-6-15/h7,9,16-17H,2-6,8,10-11H2,1H3. The number of aliphatic hydroxyl groups excluding tert-OH is 1. The summed E-state index contributed by atoms with van der Waals surface area (Å²) >= 11 is 0. The predicted molar refractivity (Wildman–Crippen MR) is 74.4 cm³/mol. The number of carbonyl (C=O) groups is 1. The Labute approximate surface area is 119 Å². The zero-order valence-corrected chi connectivity index (χ0v) is 12.0. The van der Waals surface area contributed by atoms with Crippen molar-refractivity contribution in [2.75, 3.05) is 20.3 Å². The number of aliphatic hydroxyl groups is 1. The van der Waals surface area contributed by atoms with E-state index in [4.69, 9.17) is 4.42 Å². The van der Waals surface area contributed by atoms with Crippen molar-refractivity contribution in [1.29, 1.82) is 0 Å². The van der Waals surface area contributed by atoms with Gasteiger partial charge in [-0.25, -0.2) is 4.79 Å². The molecule has 0 radical (unpaired) electrons. The van der Waals surface area contributed by atoms with Crippen LogP contribution < -0.4 is 5.32 Å². The fourth-order valence-corrected chi connectivity index (χ4v) is 2.84. The van der Waals surface area contributed by atoms with Crippen LogP contribution in [-0.4, -0.2) is 31.3 Å². The van der Waals surface area contributed by atoms with Crippen LogP contribution in [0.25, 0.3) is 0 Å². The molecule has 112 valence electrons. The van der Waals surface area contributed by atoms with Crippen LogP contribution in [0.5, 0.6) is 0 Å². The number of nitrogens with one attached hydrogen (secondary N) is 1. The fraction of sp³-hybridized carbons (Fsp3) is 0.667. The third-order valence-corrected chi connectivity index (χ3v) is 4.12. The van der Waals surface area contributed by atoms with Gasteiger partial charge in [-0.1, -0.05) is 19.3 Å². The van der Waals surface area contributed by atoms with Crippen LogP contribution in [0.2, 0.25) is 0 Å². The third kappa shape index (κ3) is 3.61. The summed E-state index contributed by atoms with van der Waals surface area (Å²) in [5.74, 6) is 0.313. The predicted octanol–water partition coefficient (Wildman–Crippen LogP) is 2.10. The molecule has 0 unspecified atom stereocenters. The van der Waals surface area contributed by atoms with Gasteiger partial charge in [0.05, 0.1) is 19.2 Å². The molecule has 2 N–H and O–H groups in total. The topological polar surface area (TPSA) is 71.7 Å². The van der Waals surface area contributed by atoms with Crippen LogP contribution in [0, 0.1) is 5.41 Å². The second kappa shape index (κ2) is 6.90. The van der Waals surface area contributed by atoms with E-state index >= 15 is 0 Å². The summed E-state index contributed by atoms with van der Waals surface area (Å²) in [5.41, 5.74) is 0.439. The summed E-state index contributed by atoms with van der Waals surface area (Å²) in [5, 5.41) is 13.0. The van der Waals surface area contributed by atoms with E-state index in [-0.39, 0.29) is 18.0 Å². The molecule has 1 aliphatic rings. The van der Waals surface area contributed by atoms with Crippen LogP contribution >= 0.6 is 0 Å². The summed E-state index contributed by atoms with van der Waals surface area (Å²) < 4.78 is 9.95. The van der Waals surface area contributed by atoms with E-state index < -0.39 is 0 Å². The van der Waals surface area contributed by atoms with Gasteiger partial charge in [0.2, 0.25) is 0 Å². The Balaban J connectivity index is 1.82. The molecule has 0 atom stereocenters. The second-order valence-corrected chi connectivity index (χ2v) is 5.62. The molecule has 1 aliphatic carbocycles. The Morgan fingerprint density at radius 3 is 2.85 bits per heavy atom. The van der Waals surface area contributed by atoms with Gasteiger partial charge in [-0.2, -0.15) is 0 Å². The van der Waals surface area contributed by atoms with Crippen LogP contribution in [0.4, 0.5) is 0 Å². The number of furan rings is 1. The average molecular weight is 281 g/mol. The van der Waals surface area contributed by atoms with Crippen molar-refractivity contribution < 1.29 is 19.1 Å². The normalized spacial score (nSPS) is 17.9. The zero-order chi connectivity index (χ0) is 14.4. The molecule has 1 aromatic rings. The molecular weight excluding hydrogens is 258 g/mol. The van der Waals surface area contributed by atoms with E-state index in [1.54, 1.807) is 6.07 Å². The number of ether oxygens (including phenoxy) is 1. The van der Waals surface area contributed by atoms with Crippen molar-refractivity contribution in [2.24, 2.45) is 5.41 Å². The lowest BCUT2D eigenvalue weighted by Gasteiger charge is -2.35. The second-order valence-electron chi connectivity index (χ2n) is 5.62. The van der Waals surface area contributed by atoms with Gasteiger partial charge in [0.15, 0.2) is 0 Å². The molecular formula is C15H23NO4. The molecule has 0 aromatic carbocycles. The molecule has 1 aromatic heterocycles. The Bertz CT molecular complexity index is 435. The van der Waals surface area contributed by atoms with E-state index in [1.807, 2.05) is 0 Å². The first-order chi connectivity index (χ1) is 9.69. The van der Waals surface area contributed by atoms with Crippen molar-refractivity contribution in [3.63, 3.8) is 0 Å². The molecule has 1 heterocycles. The maximum Gasteiger partial charge on any atom is 0.341 e. The monoisotopic (exact) mass is 281 g/mol. The molecule has 5 heteroatoms. The molecule has 0 bridgehead atoms. The molecule has 0 saturated heterocycles. The number of hydrogen-bond donors (Lipinski definition) is 2. The lowest BCUT2D eigenvalue weighted by Crippen LogP contribution is -2.38. The van der Waals surface area contributed by atoms with Crippen molar-refractivity contribution in [3.05, 3.63) is 23.7 Å². The number of esters is 1. The minimum Gasteiger partial charge on any atom is -0.467 e. The summed E-state index contributed by atoms with van der Waals surface area (Å²) in [7, 11) is 1.35. The summed E-state index contributed by atoms with van der Waals surface area (Å²) in [6.07, 6.45) is 7.20. The van der Waals surface area contributed by atoms with Gasteiger partial charge in [-0.15, -0.1) is 0 Å². The van der Waals surface area contributed by atoms with Crippen molar-refractivity contribution in [1.82, 2.24) is 5.32 Å². The molecule has 0 spiro atoms. The first-order valence-corrected chi connectivity index (χ1v) is 7.16. The van der Waals surface area contributed by atoms with Gasteiger partial charge >= 0.3 is 5.97 Å². The first kappa shape index (κ1) is 15.1. The maximum atomic E-state index is 11.3. The summed E-state index contributed by atoms with van der Waals surface area (Å²) in [4.78, 5) is 11.3. The van der Waals surface area contributed by atoms with Crippen LogP contribution in [0.1, 0.15) is 48.2 Å². The minimum absolute atomic E-state index is 0.00994. The highest BCUT2D eigenvalue weighted by Gasteiger charge is 2.30. The molecule has 2 rings (SSSR count). The van der Waals surface area contributed by atoms with E-state index in [0.29, 0.717) is 17.9 Å². The summed E-state index contributed by atoms with van der Waals surface area (Å²) in [6.45, 7) is 1.56. The van der Waals surface area contributed by atoms with E-state index in [9.17, 15) is 9.90 Å². The Hall–Kier alpha value is -1.33. The molecule has 20 heavy (non-hydrogen) atoms. The fourth-order valence-electron chi connectivity index (χ4n) is 2.84. The van der Waals surface area contributed by atoms with Crippen molar-refractivity contribution >= 4 is 5.97 Å². The smallest absolute Gasteiger partial charge is 0.341 e. The van der Waals surface area contributed by atoms with Crippen molar-refractivity contribution in [3.8, 4) is 0 Å². The van der Waals surface area contributed by atoms with Gasteiger partial charge in [0.1, 0.15) is 12.0 Å². The van der Waals surface area contributed by atoms with Crippen LogP contribution in [-0.2, 0) is 11.3 Å². The molecule has 5 nitrogen and oxygen atoms in total. The SMILES string of the molecule is COC(=O)c1coc(CNCC2(CO)CCCCC2)c1. The molecule has 1 fully saturated rings. The zero-order valence-electron chi connectivity index (χ0n) is 12.0. The van der Waals surface area contributed by atoms with Crippen molar-refractivity contribution in [2.45, 2.75) is 38.6 Å². The highest BCUT2D eigenvalue weighted by Crippen LogP contribution is 2.35. The van der Waals surface area contributed by atoms with Gasteiger partial charge in [-0.05, 0) is 18.9 Å². The third-order valence-electron chi connectivity index (χ3n) is 4.12. The largest absolute Gasteiger partial charge is 0.467 e. The Kier molecular flexibility index (Phi) is 5.20. The average Bonchev–Trinajstić information content (AvgIpc) is 2.96. The van der Waals surface area contributed by atoms with Gasteiger partial charge < -0.3 is 19.6 Å². The molecule has 1 saturated carbocycles. The quantitative estimate of drug-likeness (QED) is 0.781. The van der Waals surface area contributed by atoms with E-state index in [1.165, 1.54) is 32.6 Å². The first-order valence-electron chi connectivity index (χ1n) is 7.16. The number of methoxy groups -OCH3 is 1. The van der Waals surface area contributed by atoms with Crippen LogP contribution in [0.15, 0.2) is 16.7 Å². The van der Waals surface area contributed by atoms with Gasteiger partial charge in [-0.3, -0.25) is 0 Å². The van der Waals surface area contributed by atoms with Gasteiger partial charge in [0, 0.05) is 18.6 Å². The molecule has 0 aliphatic heterocycles. The lowest BCUT2D eigenvalue weighted by molar-refractivity contribution is 0.0600. The minimum atomic E-state index is -0.390. The number of carbonyl (C=O) groups excluding carboxylic acids is 1. The Morgan fingerprint density at radius 1 is 1.45 bits per heavy atom. The van der Waals surface area contributed by atoms with Gasteiger partial charge in [0.25, 0.3) is 0 Å². The lowest BCUT2D eigenvalue weighted by atomic mass is 9.74. The number of hydrogen-bond acceptors (Lipinski definition) is 5. The van der Waals surface area contributed by atoms with Crippen LogP contribution in [0.3, 0.4) is 0 Å². The molecule has 0 amide bonds. The van der Waals surface area contributed by atoms with E-state index in [0.717, 1.165) is 19.4 Å². The summed E-state index contributed by atoms with van der Waals surface area (Å²) in [6, 6.07) is 1.69. The maximum absolute atomic E-state index is 11.3. The Morgan fingerprint density at radius 2 is 2.20 bits per heavy atom.